The summed E-state index contributed by atoms with van der Waals surface area (Å²) in [4.78, 5) is 21.4. The van der Waals surface area contributed by atoms with Gasteiger partial charge in [-0.25, -0.2) is 4.98 Å². The average Bonchev–Trinajstić information content (AvgIpc) is 3.03. The van der Waals surface area contributed by atoms with Crippen LogP contribution in [0.2, 0.25) is 5.02 Å². The monoisotopic (exact) mass is 633 g/mol. The second-order valence-corrected chi connectivity index (χ2v) is 11.2. The largest absolute Gasteiger partial charge is 0.487 e. The van der Waals surface area contributed by atoms with Crippen molar-refractivity contribution < 1.29 is 27.8 Å². The minimum absolute atomic E-state index is 0.0247. The molecule has 1 aliphatic rings. The second kappa shape index (κ2) is 15.0. The number of alkyl halides is 2. The van der Waals surface area contributed by atoms with Crippen molar-refractivity contribution in [1.82, 2.24) is 14.8 Å². The van der Waals surface area contributed by atoms with Gasteiger partial charge in [-0.05, 0) is 72.5 Å². The van der Waals surface area contributed by atoms with Gasteiger partial charge in [0, 0.05) is 44.9 Å². The van der Waals surface area contributed by atoms with Crippen LogP contribution < -0.4 is 14.2 Å². The lowest BCUT2D eigenvalue weighted by Crippen LogP contribution is -2.47. The Kier molecular flexibility index (Phi) is 10.7. The maximum atomic E-state index is 12.9. The number of amides is 1. The van der Waals surface area contributed by atoms with Crippen LogP contribution in [0.25, 0.3) is 6.08 Å². The van der Waals surface area contributed by atoms with E-state index in [1.165, 1.54) is 29.5 Å². The van der Waals surface area contributed by atoms with E-state index in [0.717, 1.165) is 36.3 Å². The molecule has 5 rings (SSSR count). The first-order valence-corrected chi connectivity index (χ1v) is 14.9. The van der Waals surface area contributed by atoms with Gasteiger partial charge in [-0.1, -0.05) is 53.6 Å². The van der Waals surface area contributed by atoms with Crippen LogP contribution in [0.4, 0.5) is 8.78 Å². The van der Waals surface area contributed by atoms with E-state index in [1.807, 2.05) is 17.9 Å². The molecule has 3 aromatic carbocycles. The van der Waals surface area contributed by atoms with Gasteiger partial charge in [-0.2, -0.15) is 8.78 Å². The number of hydrogen-bond donors (Lipinski definition) is 0. The smallest absolute Gasteiger partial charge is 0.387 e. The molecule has 1 aromatic heterocycles. The van der Waals surface area contributed by atoms with Crippen LogP contribution in [-0.2, 0) is 17.9 Å². The van der Waals surface area contributed by atoms with E-state index < -0.39 is 6.61 Å². The molecule has 1 fully saturated rings. The summed E-state index contributed by atoms with van der Waals surface area (Å²) in [5, 5.41) is 0.396. The van der Waals surface area contributed by atoms with Crippen molar-refractivity contribution in [1.29, 1.82) is 0 Å². The normalized spacial score (nSPS) is 13.8. The molecule has 0 unspecified atom stereocenters. The Morgan fingerprint density at radius 1 is 0.933 bits per heavy atom. The van der Waals surface area contributed by atoms with Gasteiger partial charge in [0.15, 0.2) is 5.75 Å². The molecule has 4 aromatic rings. The van der Waals surface area contributed by atoms with Crippen molar-refractivity contribution in [2.75, 3.05) is 26.2 Å². The summed E-state index contributed by atoms with van der Waals surface area (Å²) in [6, 6.07) is 21.8. The summed E-state index contributed by atoms with van der Waals surface area (Å²) < 4.78 is 40.7. The Morgan fingerprint density at radius 3 is 2.27 bits per heavy atom. The number of carbonyl (C=O) groups is 1. The predicted molar refractivity (Wildman–Crippen MR) is 170 cm³/mol. The molecule has 0 radical (unpaired) electrons. The molecule has 0 bridgehead atoms. The molecule has 0 saturated carbocycles. The fourth-order valence-electron chi connectivity index (χ4n) is 4.88. The van der Waals surface area contributed by atoms with Gasteiger partial charge < -0.3 is 19.1 Å². The maximum absolute atomic E-state index is 12.9. The molecular weight excluding hydrogens is 600 g/mol. The number of carbonyl (C=O) groups excluding carboxylic acids is 1. The summed E-state index contributed by atoms with van der Waals surface area (Å²) in [6.45, 7) is 5.25. The van der Waals surface area contributed by atoms with E-state index in [0.29, 0.717) is 35.5 Å². The Labute approximate surface area is 266 Å². The molecule has 10 heteroatoms. The summed E-state index contributed by atoms with van der Waals surface area (Å²) >= 11 is 6.56. The Balaban J connectivity index is 1.10. The van der Waals surface area contributed by atoms with Crippen LogP contribution in [-0.4, -0.2) is 53.5 Å². The van der Waals surface area contributed by atoms with Crippen molar-refractivity contribution in [3.8, 4) is 23.1 Å². The minimum Gasteiger partial charge on any atom is -0.487 e. The first kappa shape index (κ1) is 31.9. The number of aryl methyl sites for hydroxylation is 2. The van der Waals surface area contributed by atoms with Crippen molar-refractivity contribution in [2.24, 2.45) is 0 Å². The van der Waals surface area contributed by atoms with Crippen LogP contribution in [0.1, 0.15) is 27.8 Å². The molecule has 7 nitrogen and oxygen atoms in total. The number of benzene rings is 3. The third-order valence-electron chi connectivity index (χ3n) is 7.35. The molecule has 1 saturated heterocycles. The highest BCUT2D eigenvalue weighted by Gasteiger charge is 2.20. The summed E-state index contributed by atoms with van der Waals surface area (Å²) in [5.74, 6) is 1.37. The van der Waals surface area contributed by atoms with Crippen LogP contribution in [0, 0.1) is 13.8 Å². The van der Waals surface area contributed by atoms with Crippen LogP contribution >= 0.6 is 11.6 Å². The lowest BCUT2D eigenvalue weighted by molar-refractivity contribution is -0.127. The third-order valence-corrected chi connectivity index (χ3v) is 7.63. The summed E-state index contributed by atoms with van der Waals surface area (Å²) in [7, 11) is 0. The van der Waals surface area contributed by atoms with Crippen LogP contribution in [0.5, 0.6) is 23.1 Å². The van der Waals surface area contributed by atoms with Crippen molar-refractivity contribution >= 4 is 23.6 Å². The van der Waals surface area contributed by atoms with Crippen LogP contribution in [0.15, 0.2) is 85.1 Å². The van der Waals surface area contributed by atoms with Crippen molar-refractivity contribution in [3.63, 3.8) is 0 Å². The van der Waals surface area contributed by atoms with Gasteiger partial charge in [0.25, 0.3) is 0 Å². The van der Waals surface area contributed by atoms with Crippen molar-refractivity contribution in [3.05, 3.63) is 118 Å². The molecule has 0 aliphatic carbocycles. The minimum atomic E-state index is -2.87. The average molecular weight is 634 g/mol. The lowest BCUT2D eigenvalue weighted by atomic mass is 10.1. The predicted octanol–water partition coefficient (Wildman–Crippen LogP) is 7.68. The molecule has 1 amide bonds. The topological polar surface area (TPSA) is 64.1 Å². The number of nitrogens with zero attached hydrogens (tertiary/aromatic N) is 3. The number of aromatic nitrogens is 1. The first-order chi connectivity index (χ1) is 21.7. The van der Waals surface area contributed by atoms with Gasteiger partial charge in [0.2, 0.25) is 11.8 Å². The summed E-state index contributed by atoms with van der Waals surface area (Å²) in [6.07, 6.45) is 4.89. The molecule has 1 aliphatic heterocycles. The van der Waals surface area contributed by atoms with E-state index in [4.69, 9.17) is 21.1 Å². The van der Waals surface area contributed by atoms with Crippen molar-refractivity contribution in [2.45, 2.75) is 33.6 Å². The number of piperazine rings is 1. The fourth-order valence-corrected chi connectivity index (χ4v) is 5.20. The van der Waals surface area contributed by atoms with E-state index in [1.54, 1.807) is 42.5 Å². The first-order valence-electron chi connectivity index (χ1n) is 14.6. The van der Waals surface area contributed by atoms with E-state index >= 15 is 0 Å². The quantitative estimate of drug-likeness (QED) is 0.158. The van der Waals surface area contributed by atoms with E-state index in [9.17, 15) is 13.6 Å². The number of halogens is 3. The number of hydrogen-bond acceptors (Lipinski definition) is 6. The SMILES string of the molecule is Cc1ccc(CN2CCN(C(=O)/C=C/c3cc(C)c(Oc4ccc(OCc5ccc(OC(F)F)cc5)cn4)c(Cl)c3)CC2)cc1. The van der Waals surface area contributed by atoms with Gasteiger partial charge in [-0.3, -0.25) is 9.69 Å². The van der Waals surface area contributed by atoms with Gasteiger partial charge in [0.05, 0.1) is 11.2 Å². The zero-order chi connectivity index (χ0) is 31.8. The second-order valence-electron chi connectivity index (χ2n) is 10.8. The lowest BCUT2D eigenvalue weighted by Gasteiger charge is -2.34. The van der Waals surface area contributed by atoms with Gasteiger partial charge >= 0.3 is 6.61 Å². The highest BCUT2D eigenvalue weighted by atomic mass is 35.5. The summed E-state index contributed by atoms with van der Waals surface area (Å²) in [5.41, 5.74) is 4.90. The zero-order valence-corrected chi connectivity index (χ0v) is 25.8. The standard InChI is InChI=1S/C35H34ClF2N3O4/c1-24-3-5-26(6-4-24)22-40-15-17-41(18-16-40)33(42)14-9-28-19-25(2)34(31(36)20-28)45-32-13-12-30(21-39-32)43-23-27-7-10-29(11-8-27)44-35(37)38/h3-14,19-21,35H,15-18,22-23H2,1-2H3/b14-9+. The van der Waals surface area contributed by atoms with E-state index in [-0.39, 0.29) is 18.3 Å². The fraction of sp³-hybridized carbons (Fsp3) is 0.257. The van der Waals surface area contributed by atoms with Gasteiger partial charge in [0.1, 0.15) is 18.1 Å². The highest BCUT2D eigenvalue weighted by Crippen LogP contribution is 2.34. The molecule has 0 N–H and O–H groups in total. The molecule has 45 heavy (non-hydrogen) atoms. The Hall–Kier alpha value is -4.47. The third kappa shape index (κ3) is 9.26. The Bertz CT molecular complexity index is 1580. The van der Waals surface area contributed by atoms with E-state index in [2.05, 4.69) is 45.8 Å². The Morgan fingerprint density at radius 2 is 1.62 bits per heavy atom. The molecular formula is C35H34ClF2N3O4. The number of rotatable bonds is 11. The maximum Gasteiger partial charge on any atom is 0.387 e. The molecule has 234 valence electrons. The zero-order valence-electron chi connectivity index (χ0n) is 25.1. The van der Waals surface area contributed by atoms with Crippen LogP contribution in [0.3, 0.4) is 0 Å². The van der Waals surface area contributed by atoms with Gasteiger partial charge in [-0.15, -0.1) is 0 Å². The molecule has 2 heterocycles. The molecule has 0 atom stereocenters. The highest BCUT2D eigenvalue weighted by molar-refractivity contribution is 6.32. The number of pyridine rings is 1. The number of ether oxygens (including phenoxy) is 3. The molecule has 0 spiro atoms.